The fourth-order valence-corrected chi connectivity index (χ4v) is 1.51. The van der Waals surface area contributed by atoms with E-state index < -0.39 is 11.7 Å². The van der Waals surface area contributed by atoms with E-state index in [0.717, 1.165) is 12.5 Å². The van der Waals surface area contributed by atoms with Crippen molar-refractivity contribution >= 4 is 17.2 Å². The lowest BCUT2D eigenvalue weighted by Crippen LogP contribution is -2.15. The van der Waals surface area contributed by atoms with Crippen LogP contribution < -0.4 is 10.5 Å². The first-order chi connectivity index (χ1) is 8.75. The van der Waals surface area contributed by atoms with E-state index in [9.17, 15) is 13.2 Å². The Morgan fingerprint density at radius 2 is 2.05 bits per heavy atom. The molecule has 0 spiro atoms. The van der Waals surface area contributed by atoms with Crippen LogP contribution >= 0.6 is 12.2 Å². The van der Waals surface area contributed by atoms with Crippen molar-refractivity contribution in [2.45, 2.75) is 26.4 Å². The Kier molecular flexibility index (Phi) is 5.17. The lowest BCUT2D eigenvalue weighted by atomic mass is 10.1. The molecule has 1 atom stereocenters. The van der Waals surface area contributed by atoms with Gasteiger partial charge in [-0.15, -0.1) is 0 Å². The van der Waals surface area contributed by atoms with Crippen molar-refractivity contribution < 1.29 is 17.9 Å². The molecule has 0 bridgehead atoms. The van der Waals surface area contributed by atoms with Gasteiger partial charge in [0.15, 0.2) is 0 Å². The molecule has 0 aliphatic rings. The van der Waals surface area contributed by atoms with Crippen LogP contribution in [-0.4, -0.2) is 11.6 Å². The largest absolute Gasteiger partial charge is 0.493 e. The number of rotatable bonds is 5. The van der Waals surface area contributed by atoms with E-state index in [1.165, 1.54) is 12.1 Å². The maximum atomic E-state index is 12.9. The Balaban J connectivity index is 3.06. The van der Waals surface area contributed by atoms with Gasteiger partial charge < -0.3 is 10.5 Å². The lowest BCUT2D eigenvalue weighted by molar-refractivity contribution is -0.139. The van der Waals surface area contributed by atoms with Crippen molar-refractivity contribution in [2.75, 3.05) is 6.61 Å². The minimum atomic E-state index is -4.49. The predicted molar refractivity (Wildman–Crippen MR) is 72.3 cm³/mol. The number of benzene rings is 1. The fraction of sp³-hybridized carbons (Fsp3) is 0.462. The van der Waals surface area contributed by atoms with Crippen molar-refractivity contribution in [2.24, 2.45) is 11.7 Å². The molecule has 0 heterocycles. The molecule has 0 aliphatic carbocycles. The average Bonchev–Trinajstić information content (AvgIpc) is 2.34. The average molecular weight is 291 g/mol. The highest BCUT2D eigenvalue weighted by atomic mass is 32.1. The van der Waals surface area contributed by atoms with Crippen LogP contribution in [0.25, 0.3) is 0 Å². The summed E-state index contributed by atoms with van der Waals surface area (Å²) < 4.78 is 44.0. The molecule has 6 heteroatoms. The Morgan fingerprint density at radius 3 is 2.53 bits per heavy atom. The van der Waals surface area contributed by atoms with Gasteiger partial charge in [-0.3, -0.25) is 0 Å². The van der Waals surface area contributed by atoms with Crippen molar-refractivity contribution in [3.8, 4) is 5.75 Å². The van der Waals surface area contributed by atoms with Crippen molar-refractivity contribution in [1.82, 2.24) is 0 Å². The van der Waals surface area contributed by atoms with Crippen LogP contribution in [0.5, 0.6) is 5.75 Å². The molecule has 0 amide bonds. The summed E-state index contributed by atoms with van der Waals surface area (Å²) in [5.74, 6) is 0.00384. The van der Waals surface area contributed by atoms with Gasteiger partial charge in [0.2, 0.25) is 0 Å². The quantitative estimate of drug-likeness (QED) is 0.839. The summed E-state index contributed by atoms with van der Waals surface area (Å²) in [5, 5.41) is 0. The van der Waals surface area contributed by atoms with Gasteiger partial charge in [-0.2, -0.15) is 13.2 Å². The normalized spacial score (nSPS) is 13.1. The maximum Gasteiger partial charge on any atom is 0.419 e. The summed E-state index contributed by atoms with van der Waals surface area (Å²) in [7, 11) is 0. The number of thiocarbonyl (C=S) groups is 1. The number of alkyl halides is 3. The van der Waals surface area contributed by atoms with Crippen LogP contribution in [0.1, 0.15) is 31.4 Å². The molecular weight excluding hydrogens is 275 g/mol. The molecule has 0 radical (unpaired) electrons. The SMILES string of the molecule is CCC(C)COc1ccc(C(N)=S)cc1C(F)(F)F. The molecule has 0 aliphatic heterocycles. The molecular formula is C13H16F3NOS. The van der Waals surface area contributed by atoms with Crippen molar-refractivity contribution in [1.29, 1.82) is 0 Å². The third kappa shape index (κ3) is 4.38. The van der Waals surface area contributed by atoms with Gasteiger partial charge in [0, 0.05) is 5.56 Å². The van der Waals surface area contributed by atoms with Gasteiger partial charge in [0.25, 0.3) is 0 Å². The zero-order chi connectivity index (χ0) is 14.6. The van der Waals surface area contributed by atoms with E-state index >= 15 is 0 Å². The van der Waals surface area contributed by atoms with E-state index in [1.54, 1.807) is 0 Å². The number of hydrogen-bond acceptors (Lipinski definition) is 2. The van der Waals surface area contributed by atoms with Gasteiger partial charge >= 0.3 is 6.18 Å². The molecule has 0 saturated carbocycles. The van der Waals surface area contributed by atoms with Crippen LogP contribution in [0.3, 0.4) is 0 Å². The first-order valence-corrected chi connectivity index (χ1v) is 6.30. The van der Waals surface area contributed by atoms with Crippen LogP contribution in [-0.2, 0) is 6.18 Å². The standard InChI is InChI=1S/C13H16F3NOS/c1-3-8(2)7-18-11-5-4-9(12(17)19)6-10(11)13(14,15)16/h4-6,8H,3,7H2,1-2H3,(H2,17,19). The summed E-state index contributed by atoms with van der Waals surface area (Å²) in [6, 6.07) is 3.62. The van der Waals surface area contributed by atoms with Gasteiger partial charge in [-0.25, -0.2) is 0 Å². The minimum absolute atomic E-state index is 0.0704. The Hall–Kier alpha value is -1.30. The molecule has 1 unspecified atom stereocenters. The van der Waals surface area contributed by atoms with Crippen LogP contribution in [0.2, 0.25) is 0 Å². The van der Waals surface area contributed by atoms with Gasteiger partial charge in [-0.05, 0) is 24.1 Å². The monoisotopic (exact) mass is 291 g/mol. The molecule has 2 N–H and O–H groups in total. The lowest BCUT2D eigenvalue weighted by Gasteiger charge is -2.17. The Bertz CT molecular complexity index is 460. The molecule has 1 rings (SSSR count). The third-order valence-corrected chi connectivity index (χ3v) is 3.03. The second kappa shape index (κ2) is 6.23. The highest BCUT2D eigenvalue weighted by Crippen LogP contribution is 2.37. The van der Waals surface area contributed by atoms with Gasteiger partial charge in [-0.1, -0.05) is 32.5 Å². The summed E-state index contributed by atoms with van der Waals surface area (Å²) in [6.07, 6.45) is -3.65. The van der Waals surface area contributed by atoms with Gasteiger partial charge in [0.1, 0.15) is 10.7 Å². The molecule has 2 nitrogen and oxygen atoms in total. The Morgan fingerprint density at radius 1 is 1.42 bits per heavy atom. The molecule has 0 saturated heterocycles. The molecule has 0 fully saturated rings. The molecule has 1 aromatic carbocycles. The smallest absolute Gasteiger partial charge is 0.419 e. The molecule has 106 valence electrons. The molecule has 1 aromatic rings. The van der Waals surface area contributed by atoms with Crippen molar-refractivity contribution in [3.63, 3.8) is 0 Å². The van der Waals surface area contributed by atoms with Crippen LogP contribution in [0.15, 0.2) is 18.2 Å². The second-order valence-corrected chi connectivity index (χ2v) is 4.84. The topological polar surface area (TPSA) is 35.2 Å². The van der Waals surface area contributed by atoms with Gasteiger partial charge in [0.05, 0.1) is 12.2 Å². The fourth-order valence-electron chi connectivity index (χ4n) is 1.38. The first kappa shape index (κ1) is 15.8. The highest BCUT2D eigenvalue weighted by Gasteiger charge is 2.35. The van der Waals surface area contributed by atoms with E-state index in [4.69, 9.17) is 10.5 Å². The number of halogens is 3. The van der Waals surface area contributed by atoms with Crippen molar-refractivity contribution in [3.05, 3.63) is 29.3 Å². The highest BCUT2D eigenvalue weighted by molar-refractivity contribution is 7.80. The number of hydrogen-bond donors (Lipinski definition) is 1. The Labute approximate surface area is 115 Å². The minimum Gasteiger partial charge on any atom is -0.493 e. The zero-order valence-electron chi connectivity index (χ0n) is 10.8. The van der Waals surface area contributed by atoms with E-state index in [2.05, 4.69) is 12.2 Å². The van der Waals surface area contributed by atoms with E-state index in [0.29, 0.717) is 0 Å². The second-order valence-electron chi connectivity index (χ2n) is 4.40. The zero-order valence-corrected chi connectivity index (χ0v) is 11.6. The summed E-state index contributed by atoms with van der Waals surface area (Å²) in [4.78, 5) is -0.0704. The van der Waals surface area contributed by atoms with Crippen LogP contribution in [0.4, 0.5) is 13.2 Å². The number of nitrogens with two attached hydrogens (primary N) is 1. The third-order valence-electron chi connectivity index (χ3n) is 2.79. The van der Waals surface area contributed by atoms with E-state index in [1.807, 2.05) is 13.8 Å². The molecule has 19 heavy (non-hydrogen) atoms. The predicted octanol–water partition coefficient (Wildman–Crippen LogP) is 3.76. The summed E-state index contributed by atoms with van der Waals surface area (Å²) >= 11 is 4.68. The maximum absolute atomic E-state index is 12.9. The summed E-state index contributed by atoms with van der Waals surface area (Å²) in [5.41, 5.74) is 4.68. The van der Waals surface area contributed by atoms with E-state index in [-0.39, 0.29) is 28.8 Å². The van der Waals surface area contributed by atoms with Crippen LogP contribution in [0, 0.1) is 5.92 Å². The summed E-state index contributed by atoms with van der Waals surface area (Å²) in [6.45, 7) is 4.11. The number of ether oxygens (including phenoxy) is 1. The first-order valence-electron chi connectivity index (χ1n) is 5.89. The molecule has 0 aromatic heterocycles.